The average Bonchev–Trinajstić information content (AvgIpc) is 2.74. The van der Waals surface area contributed by atoms with Gasteiger partial charge in [-0.2, -0.15) is 0 Å². The molecule has 0 radical (unpaired) electrons. The number of carbonyl (C=O) groups excluding carboxylic acids is 2. The molecule has 0 atom stereocenters. The third kappa shape index (κ3) is 2.84. The molecule has 104 valence electrons. The lowest BCUT2D eigenvalue weighted by atomic mass is 10.2. The van der Waals surface area contributed by atoms with E-state index < -0.39 is 0 Å². The summed E-state index contributed by atoms with van der Waals surface area (Å²) in [5.41, 5.74) is 1.24. The number of rotatable bonds is 2. The van der Waals surface area contributed by atoms with Gasteiger partial charge in [-0.05, 0) is 47.7 Å². The van der Waals surface area contributed by atoms with E-state index in [1.54, 1.807) is 48.8 Å². The number of hydrogen-bond donors (Lipinski definition) is 0. The molecule has 2 amide bonds. The highest BCUT2D eigenvalue weighted by molar-refractivity contribution is 8.19. The van der Waals surface area contributed by atoms with E-state index in [4.69, 9.17) is 11.6 Å². The molecule has 1 aliphatic heterocycles. The van der Waals surface area contributed by atoms with Crippen molar-refractivity contribution < 1.29 is 9.59 Å². The molecular weight excluding hydrogens is 308 g/mol. The summed E-state index contributed by atoms with van der Waals surface area (Å²) in [6.07, 6.45) is 4.94. The van der Waals surface area contributed by atoms with Gasteiger partial charge in [0.2, 0.25) is 0 Å². The number of imide groups is 1. The zero-order valence-corrected chi connectivity index (χ0v) is 12.3. The fourth-order valence-electron chi connectivity index (χ4n) is 1.92. The summed E-state index contributed by atoms with van der Waals surface area (Å²) in [4.78, 5) is 29.9. The molecule has 1 aliphatic rings. The standard InChI is InChI=1S/C15H9ClN2O2S/c16-11-4-1-5-12(8-11)18-14(19)13(21-15(18)20)7-10-3-2-6-17-9-10/h1-9H/b13-7+. The average molecular weight is 317 g/mol. The molecule has 1 aromatic carbocycles. The summed E-state index contributed by atoms with van der Waals surface area (Å²) in [6, 6.07) is 10.2. The van der Waals surface area contributed by atoms with Crippen LogP contribution in [0.3, 0.4) is 0 Å². The molecule has 2 heterocycles. The zero-order valence-electron chi connectivity index (χ0n) is 10.7. The Morgan fingerprint density at radius 3 is 2.76 bits per heavy atom. The smallest absolute Gasteiger partial charge is 0.268 e. The molecular formula is C15H9ClN2O2S. The van der Waals surface area contributed by atoms with E-state index in [1.165, 1.54) is 0 Å². The number of anilines is 1. The maximum atomic E-state index is 12.4. The van der Waals surface area contributed by atoms with Crippen molar-refractivity contribution in [3.63, 3.8) is 0 Å². The Labute approximate surface area is 130 Å². The largest absolute Gasteiger partial charge is 0.298 e. The molecule has 6 heteroatoms. The number of nitrogens with zero attached hydrogens (tertiary/aromatic N) is 2. The van der Waals surface area contributed by atoms with E-state index in [2.05, 4.69) is 4.98 Å². The number of pyridine rings is 1. The van der Waals surface area contributed by atoms with E-state index in [1.807, 2.05) is 6.07 Å². The lowest BCUT2D eigenvalue weighted by Crippen LogP contribution is -2.27. The molecule has 0 aliphatic carbocycles. The van der Waals surface area contributed by atoms with Gasteiger partial charge in [-0.3, -0.25) is 14.6 Å². The molecule has 4 nitrogen and oxygen atoms in total. The number of aromatic nitrogens is 1. The number of benzene rings is 1. The Kier molecular flexibility index (Phi) is 3.77. The van der Waals surface area contributed by atoms with Crippen molar-refractivity contribution in [2.75, 3.05) is 4.90 Å². The Morgan fingerprint density at radius 1 is 1.19 bits per heavy atom. The van der Waals surface area contributed by atoms with Crippen molar-refractivity contribution in [2.45, 2.75) is 0 Å². The first-order valence-corrected chi connectivity index (χ1v) is 7.28. The first-order chi connectivity index (χ1) is 10.1. The van der Waals surface area contributed by atoms with Crippen LogP contribution in [0.25, 0.3) is 6.08 Å². The summed E-state index contributed by atoms with van der Waals surface area (Å²) in [6.45, 7) is 0. The van der Waals surface area contributed by atoms with Crippen LogP contribution in [0.1, 0.15) is 5.56 Å². The van der Waals surface area contributed by atoms with E-state index >= 15 is 0 Å². The minimum Gasteiger partial charge on any atom is -0.268 e. The summed E-state index contributed by atoms with van der Waals surface area (Å²) in [7, 11) is 0. The third-order valence-corrected chi connectivity index (χ3v) is 3.95. The van der Waals surface area contributed by atoms with Crippen molar-refractivity contribution in [2.24, 2.45) is 0 Å². The maximum Gasteiger partial charge on any atom is 0.298 e. The fourth-order valence-corrected chi connectivity index (χ4v) is 2.94. The van der Waals surface area contributed by atoms with Crippen molar-refractivity contribution >= 4 is 46.3 Å². The highest BCUT2D eigenvalue weighted by Crippen LogP contribution is 2.36. The van der Waals surface area contributed by atoms with E-state index in [9.17, 15) is 9.59 Å². The molecule has 1 aromatic heterocycles. The predicted molar refractivity (Wildman–Crippen MR) is 84.1 cm³/mol. The Balaban J connectivity index is 1.94. The van der Waals surface area contributed by atoms with Crippen LogP contribution in [0.2, 0.25) is 5.02 Å². The van der Waals surface area contributed by atoms with Crippen LogP contribution >= 0.6 is 23.4 Å². The molecule has 1 fully saturated rings. The monoisotopic (exact) mass is 316 g/mol. The number of thioether (sulfide) groups is 1. The van der Waals surface area contributed by atoms with E-state index in [0.717, 1.165) is 22.2 Å². The highest BCUT2D eigenvalue weighted by Gasteiger charge is 2.36. The van der Waals surface area contributed by atoms with Gasteiger partial charge < -0.3 is 0 Å². The van der Waals surface area contributed by atoms with Crippen LogP contribution in [0.15, 0.2) is 53.7 Å². The van der Waals surface area contributed by atoms with Crippen molar-refractivity contribution in [3.05, 3.63) is 64.3 Å². The van der Waals surface area contributed by atoms with Crippen molar-refractivity contribution in [1.82, 2.24) is 4.98 Å². The summed E-state index contributed by atoms with van der Waals surface area (Å²) >= 11 is 6.81. The molecule has 0 unspecified atom stereocenters. The minimum atomic E-state index is -0.351. The van der Waals surface area contributed by atoms with Gasteiger partial charge >= 0.3 is 0 Å². The Bertz CT molecular complexity index is 746. The molecule has 0 bridgehead atoms. The first kappa shape index (κ1) is 13.9. The van der Waals surface area contributed by atoms with Gasteiger partial charge in [0, 0.05) is 17.4 Å². The van der Waals surface area contributed by atoms with E-state index in [-0.39, 0.29) is 11.1 Å². The minimum absolute atomic E-state index is 0.336. The fraction of sp³-hybridized carbons (Fsp3) is 0. The lowest BCUT2D eigenvalue weighted by Gasteiger charge is -2.12. The molecule has 0 spiro atoms. The van der Waals surface area contributed by atoms with Gasteiger partial charge in [-0.15, -0.1) is 0 Å². The molecule has 3 rings (SSSR count). The van der Waals surface area contributed by atoms with E-state index in [0.29, 0.717) is 15.6 Å². The van der Waals surface area contributed by atoms with Gasteiger partial charge in [0.25, 0.3) is 11.1 Å². The molecule has 2 aromatic rings. The second-order valence-corrected chi connectivity index (χ2v) is 5.71. The molecule has 0 N–H and O–H groups in total. The Morgan fingerprint density at radius 2 is 2.05 bits per heavy atom. The van der Waals surface area contributed by atoms with Crippen LogP contribution in [-0.4, -0.2) is 16.1 Å². The quantitative estimate of drug-likeness (QED) is 0.786. The topological polar surface area (TPSA) is 50.3 Å². The highest BCUT2D eigenvalue weighted by atomic mass is 35.5. The lowest BCUT2D eigenvalue weighted by molar-refractivity contribution is -0.113. The summed E-state index contributed by atoms with van der Waals surface area (Å²) in [5.74, 6) is -0.351. The first-order valence-electron chi connectivity index (χ1n) is 6.09. The second-order valence-electron chi connectivity index (χ2n) is 4.28. The van der Waals surface area contributed by atoms with Crippen LogP contribution in [0, 0.1) is 0 Å². The van der Waals surface area contributed by atoms with Crippen LogP contribution < -0.4 is 4.90 Å². The molecule has 21 heavy (non-hydrogen) atoms. The summed E-state index contributed by atoms with van der Waals surface area (Å²) < 4.78 is 0. The predicted octanol–water partition coefficient (Wildman–Crippen LogP) is 3.98. The third-order valence-electron chi connectivity index (χ3n) is 2.84. The van der Waals surface area contributed by atoms with Crippen molar-refractivity contribution in [1.29, 1.82) is 0 Å². The normalized spacial score (nSPS) is 16.8. The number of amides is 2. The van der Waals surface area contributed by atoms with Crippen LogP contribution in [0.5, 0.6) is 0 Å². The van der Waals surface area contributed by atoms with Crippen LogP contribution in [0.4, 0.5) is 10.5 Å². The molecule has 1 saturated heterocycles. The van der Waals surface area contributed by atoms with Gasteiger partial charge in [-0.25, -0.2) is 4.90 Å². The number of carbonyl (C=O) groups is 2. The van der Waals surface area contributed by atoms with Crippen LogP contribution in [-0.2, 0) is 4.79 Å². The van der Waals surface area contributed by atoms with Gasteiger partial charge in [0.1, 0.15) is 0 Å². The summed E-state index contributed by atoms with van der Waals surface area (Å²) in [5, 5.41) is 0.139. The van der Waals surface area contributed by atoms with Crippen molar-refractivity contribution in [3.8, 4) is 0 Å². The number of halogens is 1. The second kappa shape index (κ2) is 5.71. The zero-order chi connectivity index (χ0) is 14.8. The number of hydrogen-bond acceptors (Lipinski definition) is 4. The SMILES string of the molecule is O=C1S/C(=C/c2cccnc2)C(=O)N1c1cccc(Cl)c1. The van der Waals surface area contributed by atoms with Gasteiger partial charge in [-0.1, -0.05) is 23.7 Å². The molecule has 0 saturated carbocycles. The maximum absolute atomic E-state index is 12.4. The van der Waals surface area contributed by atoms with Gasteiger partial charge in [0.15, 0.2) is 0 Å². The van der Waals surface area contributed by atoms with Gasteiger partial charge in [0.05, 0.1) is 10.6 Å². The Hall–Kier alpha value is -2.11.